The number of hydrogen-bond acceptors (Lipinski definition) is 1. The molecule has 3 aliphatic carbocycles. The van der Waals surface area contributed by atoms with Crippen LogP contribution in [0.2, 0.25) is 0 Å². The highest BCUT2D eigenvalue weighted by molar-refractivity contribution is 5.73. The highest BCUT2D eigenvalue weighted by Crippen LogP contribution is 2.43. The maximum atomic E-state index is 10.3. The Kier molecular flexibility index (Phi) is 0.981. The van der Waals surface area contributed by atoms with E-state index < -0.39 is 0 Å². The summed E-state index contributed by atoms with van der Waals surface area (Å²) >= 11 is 0. The van der Waals surface area contributed by atoms with Gasteiger partial charge in [-0.25, -0.2) is 0 Å². The van der Waals surface area contributed by atoms with Crippen molar-refractivity contribution in [3.63, 3.8) is 0 Å². The Morgan fingerprint density at radius 3 is 2.67 bits per heavy atom. The van der Waals surface area contributed by atoms with E-state index in [1.165, 1.54) is 12.8 Å². The Balaban J connectivity index is 2.18. The van der Waals surface area contributed by atoms with Crippen LogP contribution in [-0.4, -0.2) is 6.29 Å². The number of allylic oxidation sites excluding steroid dienone is 2. The number of carbonyl (C=O) groups excluding carboxylic acids is 1. The zero-order valence-corrected chi connectivity index (χ0v) is 5.34. The SMILES string of the molecule is O=CC1=CC2CC(C1)C2. The quantitative estimate of drug-likeness (QED) is 0.482. The Morgan fingerprint density at radius 2 is 2.33 bits per heavy atom. The fourth-order valence-electron chi connectivity index (χ4n) is 1.88. The molecule has 48 valence electrons. The van der Waals surface area contributed by atoms with Crippen LogP contribution in [0.15, 0.2) is 11.6 Å². The van der Waals surface area contributed by atoms with Crippen LogP contribution in [0.3, 0.4) is 0 Å². The summed E-state index contributed by atoms with van der Waals surface area (Å²) in [4.78, 5) is 10.3. The molecule has 0 saturated heterocycles. The van der Waals surface area contributed by atoms with Crippen LogP contribution >= 0.6 is 0 Å². The van der Waals surface area contributed by atoms with Crippen molar-refractivity contribution in [1.29, 1.82) is 0 Å². The van der Waals surface area contributed by atoms with E-state index in [1.54, 1.807) is 0 Å². The molecule has 1 saturated carbocycles. The van der Waals surface area contributed by atoms with E-state index >= 15 is 0 Å². The summed E-state index contributed by atoms with van der Waals surface area (Å²) < 4.78 is 0. The minimum atomic E-state index is 0.768. The topological polar surface area (TPSA) is 17.1 Å². The molecular formula is C8H10O. The summed E-state index contributed by atoms with van der Waals surface area (Å²) in [6.45, 7) is 0. The second-order valence-electron chi connectivity index (χ2n) is 3.16. The maximum absolute atomic E-state index is 10.3. The minimum Gasteiger partial charge on any atom is -0.298 e. The lowest BCUT2D eigenvalue weighted by Crippen LogP contribution is -2.27. The number of rotatable bonds is 1. The van der Waals surface area contributed by atoms with Gasteiger partial charge in [0.2, 0.25) is 0 Å². The van der Waals surface area contributed by atoms with Gasteiger partial charge in [-0.1, -0.05) is 6.08 Å². The number of hydrogen-bond donors (Lipinski definition) is 0. The van der Waals surface area contributed by atoms with Crippen molar-refractivity contribution in [3.05, 3.63) is 11.6 Å². The second kappa shape index (κ2) is 1.69. The molecule has 3 rings (SSSR count). The van der Waals surface area contributed by atoms with Crippen LogP contribution in [-0.2, 0) is 4.79 Å². The van der Waals surface area contributed by atoms with Gasteiger partial charge in [0, 0.05) is 0 Å². The van der Waals surface area contributed by atoms with Crippen molar-refractivity contribution in [3.8, 4) is 0 Å². The van der Waals surface area contributed by atoms with E-state index in [2.05, 4.69) is 6.08 Å². The normalized spacial score (nSPS) is 38.9. The van der Waals surface area contributed by atoms with Gasteiger partial charge in [0.15, 0.2) is 0 Å². The highest BCUT2D eigenvalue weighted by atomic mass is 16.1. The number of carbonyl (C=O) groups is 1. The Labute approximate surface area is 54.8 Å². The van der Waals surface area contributed by atoms with Crippen LogP contribution in [0.25, 0.3) is 0 Å². The molecule has 0 atom stereocenters. The molecule has 0 heterocycles. The lowest BCUT2D eigenvalue weighted by molar-refractivity contribution is -0.105. The third-order valence-electron chi connectivity index (χ3n) is 2.40. The average molecular weight is 122 g/mol. The van der Waals surface area contributed by atoms with Gasteiger partial charge in [0.05, 0.1) is 0 Å². The van der Waals surface area contributed by atoms with Crippen LogP contribution in [0.1, 0.15) is 19.3 Å². The van der Waals surface area contributed by atoms with Gasteiger partial charge in [0.1, 0.15) is 6.29 Å². The first-order chi connectivity index (χ1) is 4.38. The largest absolute Gasteiger partial charge is 0.298 e. The van der Waals surface area contributed by atoms with Gasteiger partial charge in [-0.05, 0) is 36.7 Å². The third kappa shape index (κ3) is 0.716. The molecule has 0 radical (unpaired) electrons. The van der Waals surface area contributed by atoms with E-state index in [4.69, 9.17) is 0 Å². The average Bonchev–Trinajstić information content (AvgIpc) is 1.87. The fraction of sp³-hybridized carbons (Fsp3) is 0.625. The molecule has 0 aromatic carbocycles. The van der Waals surface area contributed by atoms with Crippen LogP contribution < -0.4 is 0 Å². The van der Waals surface area contributed by atoms with Crippen molar-refractivity contribution in [1.82, 2.24) is 0 Å². The highest BCUT2D eigenvalue weighted by Gasteiger charge is 2.32. The maximum Gasteiger partial charge on any atom is 0.145 e. The summed E-state index contributed by atoms with van der Waals surface area (Å²) in [5.41, 5.74) is 1.04. The number of fused-ring (bicyclic) bond motifs is 1. The Morgan fingerprint density at radius 1 is 1.56 bits per heavy atom. The Hall–Kier alpha value is -0.590. The molecule has 0 unspecified atom stereocenters. The van der Waals surface area contributed by atoms with E-state index in [-0.39, 0.29) is 0 Å². The van der Waals surface area contributed by atoms with Gasteiger partial charge in [-0.2, -0.15) is 0 Å². The van der Waals surface area contributed by atoms with Crippen LogP contribution in [0, 0.1) is 11.8 Å². The summed E-state index contributed by atoms with van der Waals surface area (Å²) in [5.74, 6) is 1.63. The molecule has 3 aliphatic rings. The van der Waals surface area contributed by atoms with Gasteiger partial charge in [-0.3, -0.25) is 4.79 Å². The lowest BCUT2D eigenvalue weighted by Gasteiger charge is -2.38. The first-order valence-electron chi connectivity index (χ1n) is 3.54. The molecule has 0 amide bonds. The summed E-state index contributed by atoms with van der Waals surface area (Å²) in [5, 5.41) is 0. The van der Waals surface area contributed by atoms with Crippen molar-refractivity contribution >= 4 is 6.29 Å². The van der Waals surface area contributed by atoms with E-state index in [9.17, 15) is 4.79 Å². The Bertz CT molecular complexity index is 163. The molecule has 0 aromatic heterocycles. The molecule has 1 fully saturated rings. The van der Waals surface area contributed by atoms with Crippen molar-refractivity contribution < 1.29 is 4.79 Å². The molecule has 0 N–H and O–H groups in total. The first kappa shape index (κ1) is 5.21. The van der Waals surface area contributed by atoms with E-state index in [1.807, 2.05) is 0 Å². The smallest absolute Gasteiger partial charge is 0.145 e. The van der Waals surface area contributed by atoms with Gasteiger partial charge in [0.25, 0.3) is 0 Å². The van der Waals surface area contributed by atoms with Crippen molar-refractivity contribution in [2.75, 3.05) is 0 Å². The van der Waals surface area contributed by atoms with Gasteiger partial charge < -0.3 is 0 Å². The standard InChI is InChI=1S/C8H10O/c9-5-8-3-6-1-7(2-6)4-8/h3,5-7H,1-2,4H2. The summed E-state index contributed by atoms with van der Waals surface area (Å²) in [7, 11) is 0. The zero-order chi connectivity index (χ0) is 6.27. The monoisotopic (exact) mass is 122 g/mol. The fourth-order valence-corrected chi connectivity index (χ4v) is 1.88. The number of aldehydes is 1. The van der Waals surface area contributed by atoms with Crippen molar-refractivity contribution in [2.24, 2.45) is 11.8 Å². The second-order valence-corrected chi connectivity index (χ2v) is 3.16. The minimum absolute atomic E-state index is 0.768. The predicted molar refractivity (Wildman–Crippen MR) is 35.0 cm³/mol. The molecule has 0 aliphatic heterocycles. The molecule has 2 bridgehead atoms. The summed E-state index contributed by atoms with van der Waals surface area (Å²) in [6, 6.07) is 0. The van der Waals surface area contributed by atoms with Gasteiger partial charge in [-0.15, -0.1) is 0 Å². The molecule has 0 aromatic rings. The molecule has 1 nitrogen and oxygen atoms in total. The molecule has 1 heteroatoms. The predicted octanol–water partition coefficient (Wildman–Crippen LogP) is 1.54. The van der Waals surface area contributed by atoms with E-state index in [0.717, 1.165) is 30.1 Å². The summed E-state index contributed by atoms with van der Waals surface area (Å²) in [6.07, 6.45) is 6.90. The van der Waals surface area contributed by atoms with Crippen LogP contribution in [0.5, 0.6) is 0 Å². The van der Waals surface area contributed by atoms with Crippen LogP contribution in [0.4, 0.5) is 0 Å². The first-order valence-corrected chi connectivity index (χ1v) is 3.54. The molecule has 9 heavy (non-hydrogen) atoms. The third-order valence-corrected chi connectivity index (χ3v) is 2.40. The van der Waals surface area contributed by atoms with Crippen molar-refractivity contribution in [2.45, 2.75) is 19.3 Å². The molecular weight excluding hydrogens is 112 g/mol. The van der Waals surface area contributed by atoms with E-state index in [0.29, 0.717) is 0 Å². The van der Waals surface area contributed by atoms with Gasteiger partial charge >= 0.3 is 0 Å². The zero-order valence-electron chi connectivity index (χ0n) is 5.34. The molecule has 0 spiro atoms. The lowest BCUT2D eigenvalue weighted by atomic mass is 9.67.